The number of rotatable bonds is 0. The molecule has 0 bridgehead atoms. The molecule has 0 aromatic carbocycles. The number of nitrogens with two attached hydrogens (primary N) is 1. The van der Waals surface area contributed by atoms with Gasteiger partial charge in [-0.1, -0.05) is 0 Å². The SMILES string of the molecule is CN1C=CN2C(N)=NC=NC12. The first-order chi connectivity index (χ1) is 5.29. The van der Waals surface area contributed by atoms with Crippen molar-refractivity contribution in [3.8, 4) is 0 Å². The largest absolute Gasteiger partial charge is 0.369 e. The standard InChI is InChI=1S/C6H9N5/c1-10-2-3-11-5(7)8-4-9-6(10)11/h2-4,6H,1H3,(H2,7,8,9). The van der Waals surface area contributed by atoms with Crippen LogP contribution in [0.1, 0.15) is 0 Å². The Hall–Kier alpha value is -1.52. The minimum absolute atomic E-state index is 0.0208. The summed E-state index contributed by atoms with van der Waals surface area (Å²) in [5, 5.41) is 0. The van der Waals surface area contributed by atoms with Gasteiger partial charge in [0.05, 0.1) is 0 Å². The molecule has 2 rings (SSSR count). The van der Waals surface area contributed by atoms with Gasteiger partial charge in [0.2, 0.25) is 12.2 Å². The topological polar surface area (TPSA) is 57.2 Å². The molecule has 0 saturated carbocycles. The highest BCUT2D eigenvalue weighted by Gasteiger charge is 2.26. The summed E-state index contributed by atoms with van der Waals surface area (Å²) in [6, 6.07) is 0. The number of hydrogen-bond donors (Lipinski definition) is 1. The average molecular weight is 151 g/mol. The molecule has 5 nitrogen and oxygen atoms in total. The second-order valence-electron chi connectivity index (χ2n) is 2.47. The van der Waals surface area contributed by atoms with Crippen LogP contribution in [-0.4, -0.2) is 35.4 Å². The Morgan fingerprint density at radius 3 is 3.09 bits per heavy atom. The lowest BCUT2D eigenvalue weighted by Crippen LogP contribution is -2.44. The number of hydrogen-bond acceptors (Lipinski definition) is 5. The molecule has 0 aliphatic carbocycles. The van der Waals surface area contributed by atoms with Crippen molar-refractivity contribution in [2.45, 2.75) is 6.29 Å². The summed E-state index contributed by atoms with van der Waals surface area (Å²) in [4.78, 5) is 11.7. The van der Waals surface area contributed by atoms with Crippen molar-refractivity contribution in [3.63, 3.8) is 0 Å². The minimum atomic E-state index is -0.0208. The second-order valence-corrected chi connectivity index (χ2v) is 2.47. The van der Waals surface area contributed by atoms with Gasteiger partial charge in [-0.3, -0.25) is 4.90 Å². The van der Waals surface area contributed by atoms with E-state index in [0.29, 0.717) is 5.96 Å². The minimum Gasteiger partial charge on any atom is -0.369 e. The van der Waals surface area contributed by atoms with Gasteiger partial charge in [0.25, 0.3) is 0 Å². The highest BCUT2D eigenvalue weighted by atomic mass is 15.5. The summed E-state index contributed by atoms with van der Waals surface area (Å²) >= 11 is 0. The average Bonchev–Trinajstić information content (AvgIpc) is 2.35. The Morgan fingerprint density at radius 2 is 2.36 bits per heavy atom. The third-order valence-electron chi connectivity index (χ3n) is 1.73. The van der Waals surface area contributed by atoms with E-state index in [9.17, 15) is 0 Å². The highest BCUT2D eigenvalue weighted by molar-refractivity contribution is 5.88. The predicted molar refractivity (Wildman–Crippen MR) is 42.6 cm³/mol. The molecule has 1 unspecified atom stereocenters. The zero-order valence-corrected chi connectivity index (χ0v) is 6.18. The summed E-state index contributed by atoms with van der Waals surface area (Å²) in [6.45, 7) is 0. The van der Waals surface area contributed by atoms with Crippen LogP contribution in [0.5, 0.6) is 0 Å². The zero-order chi connectivity index (χ0) is 7.84. The Kier molecular flexibility index (Phi) is 1.12. The van der Waals surface area contributed by atoms with Crippen molar-refractivity contribution in [1.29, 1.82) is 0 Å². The normalized spacial score (nSPS) is 27.4. The van der Waals surface area contributed by atoms with Gasteiger partial charge in [0.15, 0.2) is 0 Å². The molecule has 11 heavy (non-hydrogen) atoms. The number of fused-ring (bicyclic) bond motifs is 1. The molecule has 2 N–H and O–H groups in total. The van der Waals surface area contributed by atoms with Crippen molar-refractivity contribution in [2.24, 2.45) is 15.7 Å². The van der Waals surface area contributed by atoms with E-state index >= 15 is 0 Å². The van der Waals surface area contributed by atoms with E-state index in [1.54, 1.807) is 4.90 Å². The van der Waals surface area contributed by atoms with Crippen LogP contribution in [-0.2, 0) is 0 Å². The Labute approximate surface area is 64.5 Å². The van der Waals surface area contributed by atoms with Gasteiger partial charge in [-0.2, -0.15) is 0 Å². The van der Waals surface area contributed by atoms with Crippen LogP contribution in [0.4, 0.5) is 0 Å². The third kappa shape index (κ3) is 0.772. The summed E-state index contributed by atoms with van der Waals surface area (Å²) in [5.41, 5.74) is 5.59. The van der Waals surface area contributed by atoms with Crippen LogP contribution in [0, 0.1) is 0 Å². The molecule has 0 aromatic rings. The first-order valence-corrected chi connectivity index (χ1v) is 3.32. The van der Waals surface area contributed by atoms with Gasteiger partial charge in [-0.15, -0.1) is 0 Å². The van der Waals surface area contributed by atoms with Crippen LogP contribution in [0.3, 0.4) is 0 Å². The lowest BCUT2D eigenvalue weighted by atomic mass is 10.6. The molecule has 58 valence electrons. The molecular weight excluding hydrogens is 142 g/mol. The second kappa shape index (κ2) is 1.98. The highest BCUT2D eigenvalue weighted by Crippen LogP contribution is 2.15. The summed E-state index contributed by atoms with van der Waals surface area (Å²) in [5.74, 6) is 0.491. The molecule has 0 amide bonds. The van der Waals surface area contributed by atoms with E-state index < -0.39 is 0 Å². The predicted octanol–water partition coefficient (Wildman–Crippen LogP) is -0.655. The fourth-order valence-corrected chi connectivity index (χ4v) is 1.12. The molecule has 2 heterocycles. The van der Waals surface area contributed by atoms with E-state index in [1.165, 1.54) is 6.34 Å². The van der Waals surface area contributed by atoms with Gasteiger partial charge < -0.3 is 10.6 Å². The van der Waals surface area contributed by atoms with Crippen molar-refractivity contribution in [3.05, 3.63) is 12.4 Å². The van der Waals surface area contributed by atoms with E-state index in [2.05, 4.69) is 9.98 Å². The lowest BCUT2D eigenvalue weighted by molar-refractivity contribution is 0.250. The Morgan fingerprint density at radius 1 is 1.55 bits per heavy atom. The maximum absolute atomic E-state index is 5.59. The lowest BCUT2D eigenvalue weighted by Gasteiger charge is -2.27. The fourth-order valence-electron chi connectivity index (χ4n) is 1.12. The first kappa shape index (κ1) is 6.21. The van der Waals surface area contributed by atoms with Gasteiger partial charge in [-0.05, 0) is 0 Å². The fraction of sp³-hybridized carbons (Fsp3) is 0.333. The molecule has 2 aliphatic heterocycles. The quantitative estimate of drug-likeness (QED) is 0.500. The molecule has 0 fully saturated rings. The van der Waals surface area contributed by atoms with E-state index in [1.807, 2.05) is 24.3 Å². The molecule has 5 heteroatoms. The van der Waals surface area contributed by atoms with E-state index in [4.69, 9.17) is 5.73 Å². The maximum atomic E-state index is 5.59. The van der Waals surface area contributed by atoms with Gasteiger partial charge in [0, 0.05) is 19.4 Å². The molecule has 0 saturated heterocycles. The smallest absolute Gasteiger partial charge is 0.206 e. The van der Waals surface area contributed by atoms with Crippen LogP contribution in [0.2, 0.25) is 0 Å². The van der Waals surface area contributed by atoms with Crippen LogP contribution in [0.25, 0.3) is 0 Å². The van der Waals surface area contributed by atoms with Gasteiger partial charge >= 0.3 is 0 Å². The van der Waals surface area contributed by atoms with Crippen molar-refractivity contribution < 1.29 is 0 Å². The molecular formula is C6H9N5. The molecule has 0 spiro atoms. The van der Waals surface area contributed by atoms with Gasteiger partial charge in [-0.25, -0.2) is 9.98 Å². The Balaban J connectivity index is 2.30. The summed E-state index contributed by atoms with van der Waals surface area (Å²) < 4.78 is 0. The van der Waals surface area contributed by atoms with E-state index in [-0.39, 0.29) is 6.29 Å². The van der Waals surface area contributed by atoms with Crippen LogP contribution >= 0.6 is 0 Å². The zero-order valence-electron chi connectivity index (χ0n) is 6.18. The van der Waals surface area contributed by atoms with E-state index in [0.717, 1.165) is 0 Å². The summed E-state index contributed by atoms with van der Waals surface area (Å²) in [7, 11) is 1.94. The van der Waals surface area contributed by atoms with Gasteiger partial charge in [0.1, 0.15) is 6.34 Å². The van der Waals surface area contributed by atoms with Crippen LogP contribution < -0.4 is 5.73 Å². The number of aliphatic imine (C=N–C) groups is 2. The monoisotopic (exact) mass is 151 g/mol. The molecule has 0 aromatic heterocycles. The number of nitrogens with zero attached hydrogens (tertiary/aromatic N) is 4. The van der Waals surface area contributed by atoms with Crippen LogP contribution in [0.15, 0.2) is 22.4 Å². The maximum Gasteiger partial charge on any atom is 0.206 e. The molecule has 1 atom stereocenters. The number of guanidine groups is 1. The molecule has 0 radical (unpaired) electrons. The molecule has 2 aliphatic rings. The Bertz CT molecular complexity index is 254. The van der Waals surface area contributed by atoms with Crippen molar-refractivity contribution >= 4 is 12.3 Å². The van der Waals surface area contributed by atoms with Crippen molar-refractivity contribution in [1.82, 2.24) is 9.80 Å². The first-order valence-electron chi connectivity index (χ1n) is 3.32. The third-order valence-corrected chi connectivity index (χ3v) is 1.73. The summed E-state index contributed by atoms with van der Waals surface area (Å²) in [6.07, 6.45) is 5.24. The van der Waals surface area contributed by atoms with Crippen molar-refractivity contribution in [2.75, 3.05) is 7.05 Å².